The molecule has 0 spiro atoms. The maximum Gasteiger partial charge on any atom is 0.189 e. The molecule has 0 aliphatic heterocycles. The van der Waals surface area contributed by atoms with Crippen LogP contribution < -0.4 is 0 Å². The molecule has 1 heterocycles. The molecule has 1 aromatic heterocycles. The maximum atomic E-state index is 4.88. The highest BCUT2D eigenvalue weighted by Crippen LogP contribution is 2.30. The third-order valence-corrected chi connectivity index (χ3v) is 5.98. The Morgan fingerprint density at radius 3 is 1.80 bits per heavy atom. The number of fused-ring (bicyclic) bond motifs is 1. The Morgan fingerprint density at radius 1 is 0.567 bits per heavy atom. The van der Waals surface area contributed by atoms with E-state index in [9.17, 15) is 0 Å². The van der Waals surface area contributed by atoms with Gasteiger partial charge in [-0.05, 0) is 22.4 Å². The van der Waals surface area contributed by atoms with Gasteiger partial charge in [-0.15, -0.1) is 0 Å². The van der Waals surface area contributed by atoms with E-state index in [-0.39, 0.29) is 0 Å². The number of hydrogen-bond acceptors (Lipinski definition) is 3. The predicted molar refractivity (Wildman–Crippen MR) is 126 cm³/mol. The van der Waals surface area contributed by atoms with Crippen LogP contribution in [0.25, 0.3) is 33.3 Å². The molecule has 0 saturated heterocycles. The second kappa shape index (κ2) is 8.52. The number of rotatable bonds is 5. The van der Waals surface area contributed by atoms with Gasteiger partial charge in [-0.2, -0.15) is 0 Å². The van der Waals surface area contributed by atoms with Crippen molar-refractivity contribution in [3.63, 3.8) is 0 Å². The average molecular weight is 405 g/mol. The molecular formula is C27H20N2S. The maximum absolute atomic E-state index is 4.88. The molecule has 4 aromatic carbocycles. The highest BCUT2D eigenvalue weighted by atomic mass is 32.2. The highest BCUT2D eigenvalue weighted by Gasteiger charge is 2.10. The van der Waals surface area contributed by atoms with E-state index in [4.69, 9.17) is 9.97 Å². The van der Waals surface area contributed by atoms with Crippen LogP contribution in [0.4, 0.5) is 0 Å². The first-order valence-electron chi connectivity index (χ1n) is 9.96. The van der Waals surface area contributed by atoms with E-state index >= 15 is 0 Å². The topological polar surface area (TPSA) is 25.8 Å². The molecule has 30 heavy (non-hydrogen) atoms. The number of aromatic nitrogens is 2. The fourth-order valence-corrected chi connectivity index (χ4v) is 4.43. The van der Waals surface area contributed by atoms with E-state index in [0.29, 0.717) is 0 Å². The number of benzene rings is 4. The van der Waals surface area contributed by atoms with Gasteiger partial charge in [-0.3, -0.25) is 0 Å². The number of nitrogens with zero attached hydrogens (tertiary/aromatic N) is 2. The third kappa shape index (κ3) is 3.98. The van der Waals surface area contributed by atoms with Gasteiger partial charge >= 0.3 is 0 Å². The van der Waals surface area contributed by atoms with Crippen LogP contribution in [-0.4, -0.2) is 9.97 Å². The second-order valence-electron chi connectivity index (χ2n) is 7.08. The summed E-state index contributed by atoms with van der Waals surface area (Å²) in [6.45, 7) is 0. The van der Waals surface area contributed by atoms with E-state index in [0.717, 1.165) is 33.4 Å². The summed E-state index contributed by atoms with van der Waals surface area (Å²) in [5.74, 6) is 0.827. The van der Waals surface area contributed by atoms with Crippen molar-refractivity contribution in [3.8, 4) is 22.5 Å². The lowest BCUT2D eigenvalue weighted by atomic mass is 10.1. The Morgan fingerprint density at radius 2 is 1.13 bits per heavy atom. The van der Waals surface area contributed by atoms with Gasteiger partial charge in [0.25, 0.3) is 0 Å². The fourth-order valence-electron chi connectivity index (χ4n) is 3.56. The molecule has 3 heteroatoms. The predicted octanol–water partition coefficient (Wildman–Crippen LogP) is 7.26. The Bertz CT molecular complexity index is 1220. The Balaban J connectivity index is 1.52. The summed E-state index contributed by atoms with van der Waals surface area (Å²) in [6.07, 6.45) is 0. The summed E-state index contributed by atoms with van der Waals surface area (Å²) >= 11 is 1.68. The van der Waals surface area contributed by atoms with Gasteiger partial charge < -0.3 is 0 Å². The molecule has 0 unspecified atom stereocenters. The third-order valence-electron chi connectivity index (χ3n) is 5.08. The van der Waals surface area contributed by atoms with Crippen molar-refractivity contribution in [1.29, 1.82) is 0 Å². The van der Waals surface area contributed by atoms with Crippen molar-refractivity contribution >= 4 is 22.5 Å². The quantitative estimate of drug-likeness (QED) is 0.228. The second-order valence-corrected chi connectivity index (χ2v) is 8.02. The van der Waals surface area contributed by atoms with Crippen LogP contribution in [0.2, 0.25) is 0 Å². The van der Waals surface area contributed by atoms with Crippen LogP contribution in [0.15, 0.2) is 114 Å². The van der Waals surface area contributed by atoms with Gasteiger partial charge in [0, 0.05) is 16.9 Å². The van der Waals surface area contributed by atoms with Crippen molar-refractivity contribution < 1.29 is 0 Å². The fraction of sp³-hybridized carbons (Fsp3) is 0.0370. The van der Waals surface area contributed by atoms with Gasteiger partial charge in [0.1, 0.15) is 0 Å². The largest absolute Gasteiger partial charge is 0.222 e. The van der Waals surface area contributed by atoms with Crippen molar-refractivity contribution in [2.24, 2.45) is 0 Å². The molecule has 0 saturated carbocycles. The molecule has 5 rings (SSSR count). The molecule has 0 aliphatic carbocycles. The van der Waals surface area contributed by atoms with E-state index in [2.05, 4.69) is 72.8 Å². The monoisotopic (exact) mass is 404 g/mol. The zero-order valence-electron chi connectivity index (χ0n) is 16.4. The summed E-state index contributed by atoms with van der Waals surface area (Å²) in [6, 6.07) is 37.7. The van der Waals surface area contributed by atoms with Gasteiger partial charge in [-0.1, -0.05) is 115 Å². The van der Waals surface area contributed by atoms with Gasteiger partial charge in [-0.25, -0.2) is 9.97 Å². The molecule has 2 nitrogen and oxygen atoms in total. The Labute approximate surface area is 180 Å². The SMILES string of the molecule is c1ccc(-c2cc(-c3ccccc3)nc(SCc3cccc4ccccc34)n2)cc1. The number of thioether (sulfide) groups is 1. The van der Waals surface area contributed by atoms with E-state index in [1.807, 2.05) is 36.4 Å². The first-order valence-corrected chi connectivity index (χ1v) is 10.9. The summed E-state index contributed by atoms with van der Waals surface area (Å²) in [5.41, 5.74) is 5.40. The minimum absolute atomic E-state index is 0.795. The lowest BCUT2D eigenvalue weighted by molar-refractivity contribution is 0.978. The van der Waals surface area contributed by atoms with Gasteiger partial charge in [0.2, 0.25) is 0 Å². The minimum Gasteiger partial charge on any atom is -0.222 e. The molecule has 0 fully saturated rings. The van der Waals surface area contributed by atoms with Crippen molar-refractivity contribution in [3.05, 3.63) is 115 Å². The average Bonchev–Trinajstić information content (AvgIpc) is 2.83. The first-order chi connectivity index (χ1) is 14.9. The molecular weight excluding hydrogens is 384 g/mol. The van der Waals surface area contributed by atoms with E-state index in [1.165, 1.54) is 16.3 Å². The van der Waals surface area contributed by atoms with Crippen molar-refractivity contribution in [2.45, 2.75) is 10.9 Å². The summed E-state index contributed by atoms with van der Waals surface area (Å²) in [4.78, 5) is 9.75. The molecule has 0 bridgehead atoms. The molecule has 5 aromatic rings. The zero-order chi connectivity index (χ0) is 20.2. The van der Waals surface area contributed by atoms with Gasteiger partial charge in [0.15, 0.2) is 5.16 Å². The lowest BCUT2D eigenvalue weighted by Gasteiger charge is -2.10. The highest BCUT2D eigenvalue weighted by molar-refractivity contribution is 7.98. The normalized spacial score (nSPS) is 10.9. The molecule has 0 amide bonds. The molecule has 144 valence electrons. The van der Waals surface area contributed by atoms with Crippen LogP contribution >= 0.6 is 11.8 Å². The Hall–Kier alpha value is -3.43. The minimum atomic E-state index is 0.795. The smallest absolute Gasteiger partial charge is 0.189 e. The first kappa shape index (κ1) is 18.6. The summed E-state index contributed by atoms with van der Waals surface area (Å²) in [5, 5.41) is 3.35. The zero-order valence-corrected chi connectivity index (χ0v) is 17.2. The van der Waals surface area contributed by atoms with Crippen LogP contribution in [0.5, 0.6) is 0 Å². The molecule has 0 radical (unpaired) electrons. The van der Waals surface area contributed by atoms with Crippen LogP contribution in [0, 0.1) is 0 Å². The summed E-state index contributed by atoms with van der Waals surface area (Å²) < 4.78 is 0. The molecule has 0 atom stereocenters. The van der Waals surface area contributed by atoms with Crippen LogP contribution in [0.3, 0.4) is 0 Å². The summed E-state index contributed by atoms with van der Waals surface area (Å²) in [7, 11) is 0. The van der Waals surface area contributed by atoms with Crippen molar-refractivity contribution in [2.75, 3.05) is 0 Å². The van der Waals surface area contributed by atoms with E-state index in [1.54, 1.807) is 11.8 Å². The van der Waals surface area contributed by atoms with E-state index < -0.39 is 0 Å². The molecule has 0 aliphatic rings. The lowest BCUT2D eigenvalue weighted by Crippen LogP contribution is -1.95. The standard InChI is InChI=1S/C27H20N2S/c1-3-11-21(12-4-1)25-18-26(22-13-5-2-6-14-22)29-27(28-25)30-19-23-16-9-15-20-10-7-8-17-24(20)23/h1-18H,19H2. The van der Waals surface area contributed by atoms with Gasteiger partial charge in [0.05, 0.1) is 11.4 Å². The number of hydrogen-bond donors (Lipinski definition) is 0. The van der Waals surface area contributed by atoms with Crippen molar-refractivity contribution in [1.82, 2.24) is 9.97 Å². The van der Waals surface area contributed by atoms with Crippen LogP contribution in [0.1, 0.15) is 5.56 Å². The van der Waals surface area contributed by atoms with Crippen LogP contribution in [-0.2, 0) is 5.75 Å². The Kier molecular flexibility index (Phi) is 5.28. The molecule has 0 N–H and O–H groups in total.